The molecule has 7 nitrogen and oxygen atoms in total. The molecule has 0 atom stereocenters. The van der Waals surface area contributed by atoms with Crippen molar-refractivity contribution in [2.45, 2.75) is 38.5 Å². The summed E-state index contributed by atoms with van der Waals surface area (Å²) in [5.41, 5.74) is 4.42. The molecular formula is C20H25N5O2S. The van der Waals surface area contributed by atoms with Crippen LogP contribution in [0.15, 0.2) is 41.8 Å². The van der Waals surface area contributed by atoms with E-state index >= 15 is 0 Å². The summed E-state index contributed by atoms with van der Waals surface area (Å²) in [6.45, 7) is 5.96. The molecule has 0 unspecified atom stereocenters. The first-order chi connectivity index (χ1) is 13.3. The number of sulfonamides is 1. The van der Waals surface area contributed by atoms with Crippen molar-refractivity contribution in [3.63, 3.8) is 0 Å². The fourth-order valence-corrected chi connectivity index (χ4v) is 4.47. The molecule has 0 aliphatic heterocycles. The van der Waals surface area contributed by atoms with Gasteiger partial charge in [0.1, 0.15) is 5.82 Å². The van der Waals surface area contributed by atoms with Crippen molar-refractivity contribution >= 4 is 10.0 Å². The van der Waals surface area contributed by atoms with Crippen LogP contribution in [0.2, 0.25) is 0 Å². The van der Waals surface area contributed by atoms with Crippen molar-refractivity contribution in [1.82, 2.24) is 24.5 Å². The van der Waals surface area contributed by atoms with Crippen molar-refractivity contribution in [2.75, 3.05) is 6.54 Å². The Hall–Kier alpha value is -2.58. The third-order valence-electron chi connectivity index (χ3n) is 4.60. The van der Waals surface area contributed by atoms with E-state index in [1.54, 1.807) is 29.3 Å². The first-order valence-electron chi connectivity index (χ1n) is 9.14. The molecule has 28 heavy (non-hydrogen) atoms. The third kappa shape index (κ3) is 4.63. The standard InChI is InChI=1S/C20H25N5O2S/c1-14-8-15(2)20(9-19(14)18-11-21-16(3)22-12-18)28(26,27)24-7-5-6-17-10-23-25(4)13-17/h8-13,24H,5-7H2,1-4H3. The highest BCUT2D eigenvalue weighted by molar-refractivity contribution is 7.89. The van der Waals surface area contributed by atoms with E-state index in [-0.39, 0.29) is 4.90 Å². The van der Waals surface area contributed by atoms with Gasteiger partial charge in [0.15, 0.2) is 0 Å². The SMILES string of the molecule is Cc1ncc(-c2cc(S(=O)(=O)NCCCc3cnn(C)c3)c(C)cc2C)cn1. The van der Waals surface area contributed by atoms with Crippen LogP contribution in [0.1, 0.15) is 28.9 Å². The van der Waals surface area contributed by atoms with E-state index in [1.807, 2.05) is 40.1 Å². The highest BCUT2D eigenvalue weighted by Crippen LogP contribution is 2.28. The zero-order valence-corrected chi connectivity index (χ0v) is 17.4. The van der Waals surface area contributed by atoms with Gasteiger partial charge in [-0.25, -0.2) is 23.1 Å². The molecule has 8 heteroatoms. The second-order valence-electron chi connectivity index (χ2n) is 6.98. The topological polar surface area (TPSA) is 89.8 Å². The summed E-state index contributed by atoms with van der Waals surface area (Å²) >= 11 is 0. The predicted molar refractivity (Wildman–Crippen MR) is 108 cm³/mol. The minimum atomic E-state index is -3.61. The Balaban J connectivity index is 1.76. The highest BCUT2D eigenvalue weighted by Gasteiger charge is 2.19. The Morgan fingerprint density at radius 1 is 1.04 bits per heavy atom. The normalized spacial score (nSPS) is 11.7. The number of benzene rings is 1. The first-order valence-corrected chi connectivity index (χ1v) is 10.6. The maximum absolute atomic E-state index is 12.9. The van der Waals surface area contributed by atoms with Gasteiger partial charge in [-0.15, -0.1) is 0 Å². The van der Waals surface area contributed by atoms with Gasteiger partial charge >= 0.3 is 0 Å². The van der Waals surface area contributed by atoms with E-state index in [1.165, 1.54) is 0 Å². The number of hydrogen-bond acceptors (Lipinski definition) is 5. The van der Waals surface area contributed by atoms with Gasteiger partial charge in [-0.05, 0) is 61.9 Å². The number of nitrogens with one attached hydrogen (secondary N) is 1. The lowest BCUT2D eigenvalue weighted by atomic mass is 10.0. The van der Waals surface area contributed by atoms with E-state index in [4.69, 9.17) is 0 Å². The quantitative estimate of drug-likeness (QED) is 0.617. The van der Waals surface area contributed by atoms with Crippen LogP contribution >= 0.6 is 0 Å². The lowest BCUT2D eigenvalue weighted by Crippen LogP contribution is -2.26. The van der Waals surface area contributed by atoms with Crippen molar-refractivity contribution in [3.05, 3.63) is 59.4 Å². The summed E-state index contributed by atoms with van der Waals surface area (Å²) in [5.74, 6) is 0.677. The molecule has 148 valence electrons. The Morgan fingerprint density at radius 2 is 1.75 bits per heavy atom. The second-order valence-corrected chi connectivity index (χ2v) is 8.71. The zero-order valence-electron chi connectivity index (χ0n) is 16.6. The summed E-state index contributed by atoms with van der Waals surface area (Å²) in [7, 11) is -1.74. The molecule has 3 rings (SSSR count). The molecule has 3 aromatic rings. The monoisotopic (exact) mass is 399 g/mol. The van der Waals surface area contributed by atoms with Gasteiger partial charge in [0.2, 0.25) is 10.0 Å². The molecule has 0 fully saturated rings. The van der Waals surface area contributed by atoms with Gasteiger partial charge in [-0.1, -0.05) is 6.07 Å². The summed E-state index contributed by atoms with van der Waals surface area (Å²) in [6, 6.07) is 3.60. The van der Waals surface area contributed by atoms with Crippen LogP contribution in [-0.4, -0.2) is 34.7 Å². The van der Waals surface area contributed by atoms with E-state index in [0.717, 1.165) is 28.7 Å². The highest BCUT2D eigenvalue weighted by atomic mass is 32.2. The average molecular weight is 400 g/mol. The van der Waals surface area contributed by atoms with Crippen LogP contribution in [0.3, 0.4) is 0 Å². The predicted octanol–water partition coefficient (Wildman–Crippen LogP) is 2.71. The fourth-order valence-electron chi connectivity index (χ4n) is 3.14. The van der Waals surface area contributed by atoms with E-state index in [2.05, 4.69) is 19.8 Å². The van der Waals surface area contributed by atoms with Crippen LogP contribution in [0, 0.1) is 20.8 Å². The minimum Gasteiger partial charge on any atom is -0.276 e. The third-order valence-corrected chi connectivity index (χ3v) is 6.20. The van der Waals surface area contributed by atoms with Crippen molar-refractivity contribution < 1.29 is 8.42 Å². The summed E-state index contributed by atoms with van der Waals surface area (Å²) < 4.78 is 30.2. The van der Waals surface area contributed by atoms with Gasteiger partial charge in [-0.2, -0.15) is 5.10 Å². The largest absolute Gasteiger partial charge is 0.276 e. The molecule has 2 heterocycles. The smallest absolute Gasteiger partial charge is 0.240 e. The lowest BCUT2D eigenvalue weighted by Gasteiger charge is -2.13. The molecule has 1 N–H and O–H groups in total. The van der Waals surface area contributed by atoms with Crippen LogP contribution in [0.25, 0.3) is 11.1 Å². The first kappa shape index (κ1) is 20.2. The molecule has 1 aromatic carbocycles. The van der Waals surface area contributed by atoms with Crippen LogP contribution in [-0.2, 0) is 23.5 Å². The second kappa shape index (κ2) is 8.20. The molecular weight excluding hydrogens is 374 g/mol. The summed E-state index contributed by atoms with van der Waals surface area (Å²) in [6.07, 6.45) is 8.65. The fraction of sp³-hybridized carbons (Fsp3) is 0.350. The summed E-state index contributed by atoms with van der Waals surface area (Å²) in [5, 5.41) is 4.12. The molecule has 0 bridgehead atoms. The Labute approximate surface area is 165 Å². The van der Waals surface area contributed by atoms with Crippen molar-refractivity contribution in [1.29, 1.82) is 0 Å². The van der Waals surface area contributed by atoms with Gasteiger partial charge < -0.3 is 0 Å². The molecule has 0 radical (unpaired) electrons. The lowest BCUT2D eigenvalue weighted by molar-refractivity contribution is 0.578. The molecule has 2 aromatic heterocycles. The molecule has 0 aliphatic carbocycles. The van der Waals surface area contributed by atoms with Crippen molar-refractivity contribution in [2.24, 2.45) is 7.05 Å². The minimum absolute atomic E-state index is 0.287. The molecule has 0 saturated heterocycles. The van der Waals surface area contributed by atoms with Crippen molar-refractivity contribution in [3.8, 4) is 11.1 Å². The zero-order chi connectivity index (χ0) is 20.3. The maximum Gasteiger partial charge on any atom is 0.240 e. The van der Waals surface area contributed by atoms with E-state index in [9.17, 15) is 8.42 Å². The van der Waals surface area contributed by atoms with E-state index < -0.39 is 10.0 Å². The van der Waals surface area contributed by atoms with E-state index in [0.29, 0.717) is 24.4 Å². The molecule has 0 amide bonds. The summed E-state index contributed by atoms with van der Waals surface area (Å²) in [4.78, 5) is 8.73. The molecule has 0 aliphatic rings. The Kier molecular flexibility index (Phi) is 5.90. The molecule has 0 saturated carbocycles. The maximum atomic E-state index is 12.9. The van der Waals surface area contributed by atoms with Gasteiger partial charge in [-0.3, -0.25) is 4.68 Å². The van der Waals surface area contributed by atoms with Crippen LogP contribution in [0.5, 0.6) is 0 Å². The van der Waals surface area contributed by atoms with Gasteiger partial charge in [0.05, 0.1) is 11.1 Å². The Morgan fingerprint density at radius 3 is 2.39 bits per heavy atom. The van der Waals surface area contributed by atoms with Crippen LogP contribution in [0.4, 0.5) is 0 Å². The van der Waals surface area contributed by atoms with Gasteiger partial charge in [0.25, 0.3) is 0 Å². The number of rotatable bonds is 7. The Bertz CT molecular complexity index is 1070. The average Bonchev–Trinajstić information content (AvgIpc) is 3.05. The molecule has 0 spiro atoms. The van der Waals surface area contributed by atoms with Gasteiger partial charge in [0, 0.05) is 37.7 Å². The number of aromatic nitrogens is 4. The number of nitrogens with zero attached hydrogens (tertiary/aromatic N) is 4. The number of hydrogen-bond donors (Lipinski definition) is 1. The van der Waals surface area contributed by atoms with Crippen LogP contribution < -0.4 is 4.72 Å². The number of aryl methyl sites for hydroxylation is 5.